The van der Waals surface area contributed by atoms with E-state index < -0.39 is 12.1 Å². The van der Waals surface area contributed by atoms with Gasteiger partial charge in [-0.2, -0.15) is 0 Å². The minimum absolute atomic E-state index is 0.202. The molecule has 1 saturated carbocycles. The van der Waals surface area contributed by atoms with Crippen molar-refractivity contribution in [2.75, 3.05) is 6.61 Å². The maximum atomic E-state index is 11.9. The van der Waals surface area contributed by atoms with E-state index in [0.717, 1.165) is 31.2 Å². The smallest absolute Gasteiger partial charge is 0.344 e. The molecular formula is C17H23NO4. The lowest BCUT2D eigenvalue weighted by Crippen LogP contribution is -2.41. The summed E-state index contributed by atoms with van der Waals surface area (Å²) < 4.78 is 10.5. The van der Waals surface area contributed by atoms with Crippen LogP contribution in [0.3, 0.4) is 0 Å². The van der Waals surface area contributed by atoms with Gasteiger partial charge < -0.3 is 14.8 Å². The number of benzene rings is 1. The van der Waals surface area contributed by atoms with Crippen LogP contribution in [0, 0.1) is 6.92 Å². The molecule has 5 nitrogen and oxygen atoms in total. The summed E-state index contributed by atoms with van der Waals surface area (Å²) in [7, 11) is 0. The Morgan fingerprint density at radius 1 is 1.27 bits per heavy atom. The van der Waals surface area contributed by atoms with E-state index in [4.69, 9.17) is 9.47 Å². The molecule has 1 aliphatic carbocycles. The zero-order valence-electron chi connectivity index (χ0n) is 13.1. The molecule has 2 rings (SSSR count). The summed E-state index contributed by atoms with van der Waals surface area (Å²) in [5.41, 5.74) is 0.947. The number of carbonyl (C=O) groups is 2. The van der Waals surface area contributed by atoms with E-state index in [9.17, 15) is 9.59 Å². The van der Waals surface area contributed by atoms with Crippen molar-refractivity contribution in [1.82, 2.24) is 5.32 Å². The topological polar surface area (TPSA) is 64.6 Å². The van der Waals surface area contributed by atoms with Crippen molar-refractivity contribution in [1.29, 1.82) is 0 Å². The highest BCUT2D eigenvalue weighted by Crippen LogP contribution is 2.18. The average Bonchev–Trinajstić information content (AvgIpc) is 2.99. The normalized spacial score (nSPS) is 16.1. The molecule has 1 aromatic carbocycles. The van der Waals surface area contributed by atoms with E-state index in [0.29, 0.717) is 5.75 Å². The molecule has 1 aromatic rings. The van der Waals surface area contributed by atoms with Gasteiger partial charge in [-0.05, 0) is 38.3 Å². The average molecular weight is 305 g/mol. The van der Waals surface area contributed by atoms with Gasteiger partial charge in [0.1, 0.15) is 5.75 Å². The van der Waals surface area contributed by atoms with Crippen molar-refractivity contribution in [3.8, 4) is 5.75 Å². The van der Waals surface area contributed by atoms with Gasteiger partial charge >= 0.3 is 5.97 Å². The third-order valence-corrected chi connectivity index (χ3v) is 3.82. The first-order valence-electron chi connectivity index (χ1n) is 7.74. The third kappa shape index (κ3) is 4.76. The Hall–Kier alpha value is -2.04. The summed E-state index contributed by atoms with van der Waals surface area (Å²) in [6.07, 6.45) is 3.49. The summed E-state index contributed by atoms with van der Waals surface area (Å²) in [4.78, 5) is 23.7. The molecule has 22 heavy (non-hydrogen) atoms. The van der Waals surface area contributed by atoms with Crippen LogP contribution in [0.2, 0.25) is 0 Å². The molecule has 5 heteroatoms. The molecule has 1 N–H and O–H groups in total. The summed E-state index contributed by atoms with van der Waals surface area (Å²) in [6.45, 7) is 3.28. The molecule has 1 amide bonds. The SMILES string of the molecule is Cc1ccccc1OCC(=O)OC(C)C(=O)NC1CCCC1. The lowest BCUT2D eigenvalue weighted by Gasteiger charge is -2.17. The Kier molecular flexibility index (Phi) is 5.81. The molecule has 1 unspecified atom stereocenters. The highest BCUT2D eigenvalue weighted by Gasteiger charge is 2.23. The maximum absolute atomic E-state index is 11.9. The number of aryl methyl sites for hydroxylation is 1. The van der Waals surface area contributed by atoms with Gasteiger partial charge in [0.25, 0.3) is 5.91 Å². The molecule has 0 aliphatic heterocycles. The van der Waals surface area contributed by atoms with Crippen LogP contribution in [-0.2, 0) is 14.3 Å². The van der Waals surface area contributed by atoms with Crippen LogP contribution in [0.25, 0.3) is 0 Å². The van der Waals surface area contributed by atoms with Crippen LogP contribution in [0.4, 0.5) is 0 Å². The zero-order valence-corrected chi connectivity index (χ0v) is 13.1. The number of esters is 1. The predicted octanol–water partition coefficient (Wildman–Crippen LogP) is 2.36. The molecule has 0 bridgehead atoms. The Labute approximate surface area is 131 Å². The molecule has 0 radical (unpaired) electrons. The number of hydrogen-bond donors (Lipinski definition) is 1. The summed E-state index contributed by atoms with van der Waals surface area (Å²) >= 11 is 0. The lowest BCUT2D eigenvalue weighted by atomic mass is 10.2. The molecule has 120 valence electrons. The van der Waals surface area contributed by atoms with E-state index in [1.165, 1.54) is 0 Å². The lowest BCUT2D eigenvalue weighted by molar-refractivity contribution is -0.156. The maximum Gasteiger partial charge on any atom is 0.344 e. The molecule has 1 fully saturated rings. The standard InChI is InChI=1S/C17H23NO4/c1-12-7-3-6-10-15(12)21-11-16(19)22-13(2)17(20)18-14-8-4-5-9-14/h3,6-7,10,13-14H,4-5,8-9,11H2,1-2H3,(H,18,20). The molecule has 1 atom stereocenters. The van der Waals surface area contributed by atoms with Gasteiger partial charge in [0.2, 0.25) is 0 Å². The van der Waals surface area contributed by atoms with Crippen molar-refractivity contribution < 1.29 is 19.1 Å². The molecule has 0 aromatic heterocycles. The minimum Gasteiger partial charge on any atom is -0.482 e. The highest BCUT2D eigenvalue weighted by molar-refractivity contribution is 5.83. The number of para-hydroxylation sites is 1. The van der Waals surface area contributed by atoms with Gasteiger partial charge in [-0.1, -0.05) is 31.0 Å². The van der Waals surface area contributed by atoms with E-state index in [-0.39, 0.29) is 18.6 Å². The van der Waals surface area contributed by atoms with Gasteiger partial charge in [-0.15, -0.1) is 0 Å². The van der Waals surface area contributed by atoms with Crippen LogP contribution in [0.5, 0.6) is 5.75 Å². The summed E-state index contributed by atoms with van der Waals surface area (Å²) in [5, 5.41) is 2.91. The van der Waals surface area contributed by atoms with E-state index >= 15 is 0 Å². The largest absolute Gasteiger partial charge is 0.482 e. The third-order valence-electron chi connectivity index (χ3n) is 3.82. The molecule has 0 heterocycles. The first-order chi connectivity index (χ1) is 10.6. The first-order valence-corrected chi connectivity index (χ1v) is 7.74. The Morgan fingerprint density at radius 3 is 2.64 bits per heavy atom. The van der Waals surface area contributed by atoms with E-state index in [1.807, 2.05) is 25.1 Å². The van der Waals surface area contributed by atoms with Crippen LogP contribution < -0.4 is 10.1 Å². The van der Waals surface area contributed by atoms with Crippen molar-refractivity contribution in [3.63, 3.8) is 0 Å². The summed E-state index contributed by atoms with van der Waals surface area (Å²) in [6, 6.07) is 7.65. The molecule has 1 aliphatic rings. The number of hydrogen-bond acceptors (Lipinski definition) is 4. The van der Waals surface area contributed by atoms with Crippen molar-refractivity contribution in [2.24, 2.45) is 0 Å². The Bertz CT molecular complexity index is 523. The van der Waals surface area contributed by atoms with Crippen LogP contribution in [0.1, 0.15) is 38.2 Å². The Balaban J connectivity index is 1.73. The predicted molar refractivity (Wildman–Crippen MR) is 82.6 cm³/mol. The second kappa shape index (κ2) is 7.82. The van der Waals surface area contributed by atoms with Gasteiger partial charge in [-0.3, -0.25) is 4.79 Å². The quantitative estimate of drug-likeness (QED) is 0.820. The van der Waals surface area contributed by atoms with Gasteiger partial charge in [0.05, 0.1) is 0 Å². The number of ether oxygens (including phenoxy) is 2. The van der Waals surface area contributed by atoms with Crippen molar-refractivity contribution >= 4 is 11.9 Å². The van der Waals surface area contributed by atoms with Crippen LogP contribution in [0.15, 0.2) is 24.3 Å². The van der Waals surface area contributed by atoms with Gasteiger partial charge in [0.15, 0.2) is 12.7 Å². The van der Waals surface area contributed by atoms with Crippen molar-refractivity contribution in [2.45, 2.75) is 51.7 Å². The summed E-state index contributed by atoms with van der Waals surface area (Å²) in [5.74, 6) is -0.143. The number of carbonyl (C=O) groups excluding carboxylic acids is 2. The molecule has 0 saturated heterocycles. The second-order valence-electron chi connectivity index (χ2n) is 5.68. The molecular weight excluding hydrogens is 282 g/mol. The monoisotopic (exact) mass is 305 g/mol. The first kappa shape index (κ1) is 16.3. The van der Waals surface area contributed by atoms with Crippen molar-refractivity contribution in [3.05, 3.63) is 29.8 Å². The van der Waals surface area contributed by atoms with Gasteiger partial charge in [0, 0.05) is 6.04 Å². The Morgan fingerprint density at radius 2 is 1.95 bits per heavy atom. The molecule has 0 spiro atoms. The van der Waals surface area contributed by atoms with E-state index in [2.05, 4.69) is 5.32 Å². The number of amides is 1. The minimum atomic E-state index is -0.798. The fraction of sp³-hybridized carbons (Fsp3) is 0.529. The highest BCUT2D eigenvalue weighted by atomic mass is 16.6. The fourth-order valence-electron chi connectivity index (χ4n) is 2.53. The fourth-order valence-corrected chi connectivity index (χ4v) is 2.53. The van der Waals surface area contributed by atoms with E-state index in [1.54, 1.807) is 13.0 Å². The second-order valence-corrected chi connectivity index (χ2v) is 5.68. The zero-order chi connectivity index (χ0) is 15.9. The number of rotatable bonds is 6. The van der Waals surface area contributed by atoms with Crippen LogP contribution >= 0.6 is 0 Å². The van der Waals surface area contributed by atoms with Gasteiger partial charge in [-0.25, -0.2) is 4.79 Å². The van der Waals surface area contributed by atoms with Crippen LogP contribution in [-0.4, -0.2) is 30.6 Å². The number of nitrogens with one attached hydrogen (secondary N) is 1.